The zero-order valence-electron chi connectivity index (χ0n) is 10.7. The van der Waals surface area contributed by atoms with Gasteiger partial charge in [0.2, 0.25) is 5.91 Å². The third-order valence-electron chi connectivity index (χ3n) is 3.19. The van der Waals surface area contributed by atoms with E-state index in [0.29, 0.717) is 12.3 Å². The summed E-state index contributed by atoms with van der Waals surface area (Å²) in [4.78, 5) is 16.0. The lowest BCUT2D eigenvalue weighted by atomic mass is 9.85. The monoisotopic (exact) mass is 252 g/mol. The van der Waals surface area contributed by atoms with Gasteiger partial charge in [0.1, 0.15) is 0 Å². The van der Waals surface area contributed by atoms with Gasteiger partial charge in [-0.1, -0.05) is 13.8 Å². The molecule has 4 heteroatoms. The van der Waals surface area contributed by atoms with Crippen molar-refractivity contribution in [2.75, 3.05) is 0 Å². The summed E-state index contributed by atoms with van der Waals surface area (Å²) in [6.45, 7) is 6.43. The highest BCUT2D eigenvalue weighted by molar-refractivity contribution is 7.09. The Morgan fingerprint density at radius 2 is 2.35 bits per heavy atom. The molecule has 0 radical (unpaired) electrons. The van der Waals surface area contributed by atoms with Crippen molar-refractivity contribution >= 4 is 17.2 Å². The molecule has 1 aromatic rings. The molecule has 1 aliphatic heterocycles. The van der Waals surface area contributed by atoms with Crippen LogP contribution in [-0.2, 0) is 11.2 Å². The number of aryl methyl sites for hydroxylation is 1. The van der Waals surface area contributed by atoms with Crippen LogP contribution in [0.15, 0.2) is 5.38 Å². The molecule has 2 heterocycles. The fourth-order valence-electron chi connectivity index (χ4n) is 2.69. The number of amides is 1. The van der Waals surface area contributed by atoms with Crippen molar-refractivity contribution < 1.29 is 4.79 Å². The minimum atomic E-state index is -0.0461. The highest BCUT2D eigenvalue weighted by Gasteiger charge is 2.38. The van der Waals surface area contributed by atoms with E-state index in [0.717, 1.165) is 30.0 Å². The molecule has 0 bridgehead atoms. The SMILES string of the molecule is Cc1csc(CC2(CC(C)C)CCC(=O)N2)n1. The molecule has 0 saturated carbocycles. The molecule has 2 rings (SSSR count). The molecule has 94 valence electrons. The maximum Gasteiger partial charge on any atom is 0.220 e. The standard InChI is InChI=1S/C13H20N2OS/c1-9(2)6-13(5-4-11(16)15-13)7-12-14-10(3)8-17-12/h8-9H,4-7H2,1-3H3,(H,15,16). The second-order valence-corrected chi connectivity index (χ2v) is 6.43. The number of aromatic nitrogens is 1. The van der Waals surface area contributed by atoms with Gasteiger partial charge in [0.25, 0.3) is 0 Å². The molecule has 1 amide bonds. The summed E-state index contributed by atoms with van der Waals surface area (Å²) < 4.78 is 0. The van der Waals surface area contributed by atoms with Crippen molar-refractivity contribution in [3.63, 3.8) is 0 Å². The van der Waals surface area contributed by atoms with Gasteiger partial charge in [-0.25, -0.2) is 4.98 Å². The summed E-state index contributed by atoms with van der Waals surface area (Å²) in [5.41, 5.74) is 1.03. The maximum atomic E-state index is 11.5. The summed E-state index contributed by atoms with van der Waals surface area (Å²) in [6, 6.07) is 0. The normalized spacial score (nSPS) is 24.4. The van der Waals surface area contributed by atoms with Crippen molar-refractivity contribution in [3.8, 4) is 0 Å². The Labute approximate surface area is 107 Å². The summed E-state index contributed by atoms with van der Waals surface area (Å²) in [5, 5.41) is 6.41. The number of rotatable bonds is 4. The van der Waals surface area contributed by atoms with Crippen LogP contribution in [0.2, 0.25) is 0 Å². The molecule has 0 spiro atoms. The molecule has 1 atom stereocenters. The number of hydrogen-bond donors (Lipinski definition) is 1. The van der Waals surface area contributed by atoms with Crippen LogP contribution in [0.5, 0.6) is 0 Å². The topological polar surface area (TPSA) is 42.0 Å². The lowest BCUT2D eigenvalue weighted by Crippen LogP contribution is -2.44. The van der Waals surface area contributed by atoms with Crippen LogP contribution in [0.25, 0.3) is 0 Å². The molecule has 1 unspecified atom stereocenters. The second kappa shape index (κ2) is 4.77. The number of nitrogens with zero attached hydrogens (tertiary/aromatic N) is 1. The van der Waals surface area contributed by atoms with E-state index < -0.39 is 0 Å². The Balaban J connectivity index is 2.13. The first kappa shape index (κ1) is 12.6. The quantitative estimate of drug-likeness (QED) is 0.895. The second-order valence-electron chi connectivity index (χ2n) is 5.49. The highest BCUT2D eigenvalue weighted by atomic mass is 32.1. The van der Waals surface area contributed by atoms with Gasteiger partial charge in [-0.05, 0) is 25.7 Å². The average molecular weight is 252 g/mol. The van der Waals surface area contributed by atoms with Gasteiger partial charge in [0.05, 0.1) is 5.01 Å². The van der Waals surface area contributed by atoms with E-state index in [4.69, 9.17) is 0 Å². The Morgan fingerprint density at radius 3 is 2.82 bits per heavy atom. The molecule has 17 heavy (non-hydrogen) atoms. The average Bonchev–Trinajstić information content (AvgIpc) is 2.74. The zero-order valence-corrected chi connectivity index (χ0v) is 11.6. The van der Waals surface area contributed by atoms with Gasteiger partial charge in [-0.2, -0.15) is 0 Å². The highest BCUT2D eigenvalue weighted by Crippen LogP contribution is 2.31. The zero-order chi connectivity index (χ0) is 12.5. The Bertz CT molecular complexity index is 413. The number of carbonyl (C=O) groups excluding carboxylic acids is 1. The first-order valence-corrected chi connectivity index (χ1v) is 7.09. The predicted molar refractivity (Wildman–Crippen MR) is 70.1 cm³/mol. The van der Waals surface area contributed by atoms with Crippen LogP contribution in [-0.4, -0.2) is 16.4 Å². The molecule has 1 aliphatic rings. The molecular formula is C13H20N2OS. The van der Waals surface area contributed by atoms with E-state index in [1.165, 1.54) is 0 Å². The number of carbonyl (C=O) groups is 1. The minimum Gasteiger partial charge on any atom is -0.350 e. The predicted octanol–water partition coefficient (Wildman–Crippen LogP) is 2.69. The molecule has 0 aliphatic carbocycles. The molecule has 1 fully saturated rings. The van der Waals surface area contributed by atoms with Crippen molar-refractivity contribution in [1.82, 2.24) is 10.3 Å². The Kier molecular flexibility index (Phi) is 3.52. The number of thiazole rings is 1. The third-order valence-corrected chi connectivity index (χ3v) is 4.16. The van der Waals surface area contributed by atoms with Crippen LogP contribution in [0.1, 0.15) is 43.8 Å². The summed E-state index contributed by atoms with van der Waals surface area (Å²) >= 11 is 1.70. The first-order chi connectivity index (χ1) is 7.99. The van der Waals surface area contributed by atoms with Gasteiger partial charge in [0, 0.05) is 29.5 Å². The molecule has 1 aromatic heterocycles. The van der Waals surface area contributed by atoms with Gasteiger partial charge < -0.3 is 5.32 Å². The lowest BCUT2D eigenvalue weighted by molar-refractivity contribution is -0.119. The van der Waals surface area contributed by atoms with Gasteiger partial charge in [-0.15, -0.1) is 11.3 Å². The van der Waals surface area contributed by atoms with Crippen molar-refractivity contribution in [2.45, 2.75) is 52.0 Å². The van der Waals surface area contributed by atoms with E-state index in [1.807, 2.05) is 6.92 Å². The maximum absolute atomic E-state index is 11.5. The Hall–Kier alpha value is -0.900. The minimum absolute atomic E-state index is 0.0461. The third kappa shape index (κ3) is 3.06. The molecule has 3 nitrogen and oxygen atoms in total. The first-order valence-electron chi connectivity index (χ1n) is 6.21. The van der Waals surface area contributed by atoms with Crippen LogP contribution in [0, 0.1) is 12.8 Å². The largest absolute Gasteiger partial charge is 0.350 e. The van der Waals surface area contributed by atoms with Crippen molar-refractivity contribution in [3.05, 3.63) is 16.1 Å². The fraction of sp³-hybridized carbons (Fsp3) is 0.692. The van der Waals surface area contributed by atoms with Crippen molar-refractivity contribution in [2.24, 2.45) is 5.92 Å². The van der Waals surface area contributed by atoms with Gasteiger partial charge in [0.15, 0.2) is 0 Å². The lowest BCUT2D eigenvalue weighted by Gasteiger charge is -2.30. The van der Waals surface area contributed by atoms with Gasteiger partial charge in [-0.3, -0.25) is 4.79 Å². The van der Waals surface area contributed by atoms with Crippen LogP contribution in [0.3, 0.4) is 0 Å². The molecule has 1 saturated heterocycles. The van der Waals surface area contributed by atoms with Crippen molar-refractivity contribution in [1.29, 1.82) is 0 Å². The Morgan fingerprint density at radius 1 is 1.59 bits per heavy atom. The fourth-order valence-corrected chi connectivity index (χ4v) is 3.60. The smallest absolute Gasteiger partial charge is 0.220 e. The van der Waals surface area contributed by atoms with Gasteiger partial charge >= 0.3 is 0 Å². The summed E-state index contributed by atoms with van der Waals surface area (Å²) in [6.07, 6.45) is 3.53. The van der Waals surface area contributed by atoms with Crippen LogP contribution in [0.4, 0.5) is 0 Å². The summed E-state index contributed by atoms with van der Waals surface area (Å²) in [5.74, 6) is 0.786. The number of hydrogen-bond acceptors (Lipinski definition) is 3. The molecule has 1 N–H and O–H groups in total. The van der Waals surface area contributed by atoms with Crippen LogP contribution < -0.4 is 5.32 Å². The van der Waals surface area contributed by atoms with Crippen LogP contribution >= 0.6 is 11.3 Å². The van der Waals surface area contributed by atoms with E-state index in [1.54, 1.807) is 11.3 Å². The van der Waals surface area contributed by atoms with E-state index in [-0.39, 0.29) is 11.4 Å². The van der Waals surface area contributed by atoms with E-state index >= 15 is 0 Å². The van der Waals surface area contributed by atoms with E-state index in [9.17, 15) is 4.79 Å². The number of nitrogens with one attached hydrogen (secondary N) is 1. The molecule has 0 aromatic carbocycles. The summed E-state index contributed by atoms with van der Waals surface area (Å²) in [7, 11) is 0. The van der Waals surface area contributed by atoms with E-state index in [2.05, 4.69) is 29.5 Å². The molecular weight excluding hydrogens is 232 g/mol.